The molecule has 0 saturated heterocycles. The highest BCUT2D eigenvalue weighted by molar-refractivity contribution is 5.54. The number of nitro groups is 1. The van der Waals surface area contributed by atoms with Crippen molar-refractivity contribution in [2.45, 2.75) is 13.8 Å². The highest BCUT2D eigenvalue weighted by atomic mass is 16.6. The molecule has 0 fully saturated rings. The Morgan fingerprint density at radius 3 is 2.42 bits per heavy atom. The number of non-ortho nitro benzene ring substituents is 1. The highest BCUT2D eigenvalue weighted by Gasteiger charge is 2.07. The third-order valence-electron chi connectivity index (χ3n) is 3.66. The molecule has 0 saturated carbocycles. The summed E-state index contributed by atoms with van der Waals surface area (Å²) in [6.07, 6.45) is 0. The highest BCUT2D eigenvalue weighted by Crippen LogP contribution is 2.26. The summed E-state index contributed by atoms with van der Waals surface area (Å²) in [7, 11) is 0. The molecular weight excluding hydrogens is 306 g/mol. The number of anilines is 1. The van der Waals surface area contributed by atoms with Gasteiger partial charge in [0.2, 0.25) is 0 Å². The molecule has 0 atom stereocenters. The number of nitro benzene ring substituents is 1. The van der Waals surface area contributed by atoms with Crippen molar-refractivity contribution in [3.8, 4) is 0 Å². The smallest absolute Gasteiger partial charge is 0.269 e. The van der Waals surface area contributed by atoms with Gasteiger partial charge in [-0.2, -0.15) is 10.2 Å². The molecule has 0 aliphatic carbocycles. The number of azo groups is 1. The Morgan fingerprint density at radius 1 is 1.17 bits per heavy atom. The first-order chi connectivity index (χ1) is 11.5. The molecule has 126 valence electrons. The average molecular weight is 327 g/mol. The Bertz CT molecular complexity index is 728. The molecule has 24 heavy (non-hydrogen) atoms. The van der Waals surface area contributed by atoms with Crippen LogP contribution in [0.2, 0.25) is 0 Å². The molecule has 2 rings (SSSR count). The average Bonchev–Trinajstić information content (AvgIpc) is 2.59. The summed E-state index contributed by atoms with van der Waals surface area (Å²) >= 11 is 0. The van der Waals surface area contributed by atoms with E-state index in [-0.39, 0.29) is 5.69 Å². The zero-order valence-corrected chi connectivity index (χ0v) is 13.8. The number of nitrogens with zero attached hydrogens (tertiary/aromatic N) is 4. The summed E-state index contributed by atoms with van der Waals surface area (Å²) in [5.74, 6) is 0. The van der Waals surface area contributed by atoms with Gasteiger partial charge in [0, 0.05) is 37.5 Å². The van der Waals surface area contributed by atoms with Crippen molar-refractivity contribution < 1.29 is 4.92 Å². The summed E-state index contributed by atoms with van der Waals surface area (Å²) < 4.78 is 0. The number of likely N-dealkylation sites (N-methyl/N-ethyl adjacent to an activating group) is 1. The number of rotatable bonds is 7. The summed E-state index contributed by atoms with van der Waals surface area (Å²) in [6, 6.07) is 12.3. The van der Waals surface area contributed by atoms with E-state index >= 15 is 0 Å². The minimum atomic E-state index is -0.423. The van der Waals surface area contributed by atoms with Crippen molar-refractivity contribution in [2.75, 3.05) is 24.5 Å². The van der Waals surface area contributed by atoms with Crippen LogP contribution in [0, 0.1) is 17.0 Å². The maximum Gasteiger partial charge on any atom is 0.269 e. The van der Waals surface area contributed by atoms with Gasteiger partial charge in [0.15, 0.2) is 0 Å². The molecular formula is C17H21N5O2. The van der Waals surface area contributed by atoms with Crippen LogP contribution in [0.3, 0.4) is 0 Å². The third-order valence-corrected chi connectivity index (χ3v) is 3.66. The van der Waals surface area contributed by atoms with E-state index < -0.39 is 4.92 Å². The lowest BCUT2D eigenvalue weighted by atomic mass is 10.2. The monoisotopic (exact) mass is 327 g/mol. The number of benzene rings is 2. The first-order valence-corrected chi connectivity index (χ1v) is 7.77. The molecule has 0 unspecified atom stereocenters. The second kappa shape index (κ2) is 8.16. The molecule has 7 heteroatoms. The van der Waals surface area contributed by atoms with E-state index in [0.717, 1.165) is 24.5 Å². The topological polar surface area (TPSA) is 97.1 Å². The van der Waals surface area contributed by atoms with Crippen LogP contribution in [0.4, 0.5) is 22.7 Å². The minimum Gasteiger partial charge on any atom is -0.371 e. The molecule has 0 amide bonds. The van der Waals surface area contributed by atoms with E-state index in [0.29, 0.717) is 17.8 Å². The third kappa shape index (κ3) is 4.36. The Hall–Kier alpha value is -2.80. The first-order valence-electron chi connectivity index (χ1n) is 7.77. The van der Waals surface area contributed by atoms with Gasteiger partial charge in [-0.3, -0.25) is 10.1 Å². The number of hydrogen-bond donors (Lipinski definition) is 1. The summed E-state index contributed by atoms with van der Waals surface area (Å²) in [6.45, 7) is 6.16. The van der Waals surface area contributed by atoms with Crippen LogP contribution >= 0.6 is 0 Å². The van der Waals surface area contributed by atoms with E-state index in [4.69, 9.17) is 5.73 Å². The normalized spacial score (nSPS) is 11.0. The molecule has 7 nitrogen and oxygen atoms in total. The number of nitrogens with two attached hydrogens (primary N) is 1. The van der Waals surface area contributed by atoms with Gasteiger partial charge in [-0.15, -0.1) is 0 Å². The number of aryl methyl sites for hydroxylation is 1. The molecule has 0 bridgehead atoms. The minimum absolute atomic E-state index is 0.0513. The van der Waals surface area contributed by atoms with Gasteiger partial charge in [-0.05, 0) is 49.7 Å². The van der Waals surface area contributed by atoms with Gasteiger partial charge in [-0.25, -0.2) is 0 Å². The van der Waals surface area contributed by atoms with Gasteiger partial charge in [0.1, 0.15) is 0 Å². The molecule has 0 aliphatic heterocycles. The Balaban J connectivity index is 2.13. The van der Waals surface area contributed by atoms with Gasteiger partial charge in [0.25, 0.3) is 5.69 Å². The lowest BCUT2D eigenvalue weighted by molar-refractivity contribution is -0.384. The predicted molar refractivity (Wildman–Crippen MR) is 95.4 cm³/mol. The lowest BCUT2D eigenvalue weighted by Crippen LogP contribution is -2.28. The second-order valence-electron chi connectivity index (χ2n) is 5.31. The van der Waals surface area contributed by atoms with Crippen LogP contribution in [-0.4, -0.2) is 24.6 Å². The van der Waals surface area contributed by atoms with Crippen LogP contribution in [0.1, 0.15) is 12.5 Å². The van der Waals surface area contributed by atoms with Gasteiger partial charge >= 0.3 is 0 Å². The molecule has 2 aromatic carbocycles. The first kappa shape index (κ1) is 17.6. The van der Waals surface area contributed by atoms with E-state index in [1.54, 1.807) is 13.0 Å². The zero-order valence-electron chi connectivity index (χ0n) is 13.8. The molecule has 0 aromatic heterocycles. The summed E-state index contributed by atoms with van der Waals surface area (Å²) in [4.78, 5) is 12.5. The molecule has 2 N–H and O–H groups in total. The van der Waals surface area contributed by atoms with Gasteiger partial charge < -0.3 is 10.6 Å². The van der Waals surface area contributed by atoms with Crippen molar-refractivity contribution >= 4 is 22.7 Å². The SMILES string of the molecule is CCN(CCN)c1ccc(N=Nc2ccc([N+](=O)[O-])cc2C)cc1. The Morgan fingerprint density at radius 2 is 1.88 bits per heavy atom. The standard InChI is InChI=1S/C17H21N5O2/c1-3-21(11-10-18)15-6-4-14(5-7-15)19-20-17-9-8-16(22(23)24)12-13(17)2/h4-9,12H,3,10-11,18H2,1-2H3. The molecule has 0 aliphatic rings. The molecule has 0 heterocycles. The zero-order chi connectivity index (χ0) is 17.5. The maximum atomic E-state index is 10.7. The van der Waals surface area contributed by atoms with Crippen LogP contribution in [-0.2, 0) is 0 Å². The van der Waals surface area contributed by atoms with Crippen molar-refractivity contribution in [1.29, 1.82) is 0 Å². The van der Waals surface area contributed by atoms with Crippen LogP contribution in [0.5, 0.6) is 0 Å². The Labute approximate surface area is 141 Å². The Kier molecular flexibility index (Phi) is 5.97. The summed E-state index contributed by atoms with van der Waals surface area (Å²) in [5.41, 5.74) is 8.80. The van der Waals surface area contributed by atoms with E-state index in [9.17, 15) is 10.1 Å². The van der Waals surface area contributed by atoms with Crippen molar-refractivity contribution in [1.82, 2.24) is 0 Å². The fourth-order valence-corrected chi connectivity index (χ4v) is 2.33. The van der Waals surface area contributed by atoms with E-state index in [1.165, 1.54) is 12.1 Å². The predicted octanol–water partition coefficient (Wildman–Crippen LogP) is 4.10. The maximum absolute atomic E-state index is 10.7. The van der Waals surface area contributed by atoms with Crippen LogP contribution in [0.15, 0.2) is 52.7 Å². The van der Waals surface area contributed by atoms with E-state index in [2.05, 4.69) is 22.1 Å². The fourth-order valence-electron chi connectivity index (χ4n) is 2.33. The quantitative estimate of drug-likeness (QED) is 0.470. The molecule has 0 spiro atoms. The van der Waals surface area contributed by atoms with Crippen molar-refractivity contribution in [2.24, 2.45) is 16.0 Å². The van der Waals surface area contributed by atoms with Crippen molar-refractivity contribution in [3.63, 3.8) is 0 Å². The van der Waals surface area contributed by atoms with E-state index in [1.807, 2.05) is 24.3 Å². The number of hydrogen-bond acceptors (Lipinski definition) is 6. The van der Waals surface area contributed by atoms with Crippen LogP contribution in [0.25, 0.3) is 0 Å². The summed E-state index contributed by atoms with van der Waals surface area (Å²) in [5, 5.41) is 19.1. The second-order valence-corrected chi connectivity index (χ2v) is 5.31. The molecule has 0 radical (unpaired) electrons. The van der Waals surface area contributed by atoms with Crippen LogP contribution < -0.4 is 10.6 Å². The fraction of sp³-hybridized carbons (Fsp3) is 0.294. The molecule has 2 aromatic rings. The van der Waals surface area contributed by atoms with Crippen molar-refractivity contribution in [3.05, 3.63) is 58.1 Å². The lowest BCUT2D eigenvalue weighted by Gasteiger charge is -2.22. The van der Waals surface area contributed by atoms with Gasteiger partial charge in [-0.1, -0.05) is 0 Å². The van der Waals surface area contributed by atoms with Gasteiger partial charge in [0.05, 0.1) is 16.3 Å². The largest absolute Gasteiger partial charge is 0.371 e.